The van der Waals surface area contributed by atoms with Gasteiger partial charge in [0, 0.05) is 11.9 Å². The number of aryl methyl sites for hydroxylation is 2. The van der Waals surface area contributed by atoms with Crippen LogP contribution in [0.25, 0.3) is 0 Å². The quantitative estimate of drug-likeness (QED) is 0.776. The van der Waals surface area contributed by atoms with Crippen molar-refractivity contribution in [3.8, 4) is 0 Å². The molecule has 1 aromatic rings. The van der Waals surface area contributed by atoms with E-state index in [1.165, 1.54) is 0 Å². The lowest BCUT2D eigenvalue weighted by molar-refractivity contribution is 0.549. The van der Waals surface area contributed by atoms with E-state index in [0.29, 0.717) is 10.7 Å². The summed E-state index contributed by atoms with van der Waals surface area (Å²) in [6.45, 7) is 6.30. The minimum absolute atomic E-state index is 0.494. The molecule has 0 amide bonds. The molecule has 1 heterocycles. The third kappa shape index (κ3) is 2.51. The molecule has 2 atom stereocenters. The van der Waals surface area contributed by atoms with Gasteiger partial charge in [0.2, 0.25) is 0 Å². The summed E-state index contributed by atoms with van der Waals surface area (Å²) in [6.07, 6.45) is 0.961. The Balaban J connectivity index is 2.86. The van der Waals surface area contributed by atoms with Crippen molar-refractivity contribution >= 4 is 27.5 Å². The van der Waals surface area contributed by atoms with Gasteiger partial charge in [0.25, 0.3) is 0 Å². The van der Waals surface area contributed by atoms with Gasteiger partial charge in [-0.2, -0.15) is 5.10 Å². The molecule has 0 aromatic carbocycles. The summed E-state index contributed by atoms with van der Waals surface area (Å²) < 4.78 is 1.88. The fourth-order valence-corrected chi connectivity index (χ4v) is 1.79. The molecule has 4 heteroatoms. The highest BCUT2D eigenvalue weighted by atomic mass is 79.9. The number of aromatic nitrogens is 2. The summed E-state index contributed by atoms with van der Waals surface area (Å²) in [6, 6.07) is 0. The Labute approximate surface area is 98.8 Å². The Morgan fingerprint density at radius 3 is 2.43 bits per heavy atom. The smallest absolute Gasteiger partial charge is 0.0847 e. The summed E-state index contributed by atoms with van der Waals surface area (Å²) in [4.78, 5) is 0.494. The fraction of sp³-hybridized carbons (Fsp3) is 0.700. The van der Waals surface area contributed by atoms with Crippen LogP contribution in [-0.4, -0.2) is 14.6 Å². The lowest BCUT2D eigenvalue weighted by Crippen LogP contribution is -2.12. The molecule has 2 nitrogen and oxygen atoms in total. The van der Waals surface area contributed by atoms with Crippen LogP contribution in [0.2, 0.25) is 5.02 Å². The fourth-order valence-electron chi connectivity index (χ4n) is 1.37. The van der Waals surface area contributed by atoms with Crippen LogP contribution in [0.1, 0.15) is 25.2 Å². The predicted molar refractivity (Wildman–Crippen MR) is 64.2 cm³/mol. The summed E-state index contributed by atoms with van der Waals surface area (Å²) in [5, 5.41) is 5.10. The van der Waals surface area contributed by atoms with E-state index in [0.717, 1.165) is 22.8 Å². The monoisotopic (exact) mass is 278 g/mol. The first-order chi connectivity index (χ1) is 6.43. The Morgan fingerprint density at radius 1 is 1.50 bits per heavy atom. The van der Waals surface area contributed by atoms with Gasteiger partial charge < -0.3 is 0 Å². The summed E-state index contributed by atoms with van der Waals surface area (Å²) in [7, 11) is 1.94. The van der Waals surface area contributed by atoms with E-state index in [1.54, 1.807) is 0 Å². The van der Waals surface area contributed by atoms with Gasteiger partial charge in [-0.25, -0.2) is 0 Å². The number of hydrogen-bond donors (Lipinski definition) is 0. The number of hydrogen-bond acceptors (Lipinski definition) is 1. The highest BCUT2D eigenvalue weighted by Gasteiger charge is 2.16. The van der Waals surface area contributed by atoms with Crippen LogP contribution < -0.4 is 0 Å². The minimum atomic E-state index is 0.494. The van der Waals surface area contributed by atoms with Crippen molar-refractivity contribution in [2.75, 3.05) is 0 Å². The SMILES string of the molecule is Cc1nn(C)c(CC(C)C(C)Br)c1Cl. The normalized spacial score (nSPS) is 15.6. The van der Waals surface area contributed by atoms with Gasteiger partial charge in [-0.15, -0.1) is 0 Å². The van der Waals surface area contributed by atoms with Gasteiger partial charge in [0.15, 0.2) is 0 Å². The maximum atomic E-state index is 6.16. The lowest BCUT2D eigenvalue weighted by Gasteiger charge is -2.14. The second-order valence-corrected chi connectivity index (χ2v) is 5.65. The summed E-state index contributed by atoms with van der Waals surface area (Å²) in [5.41, 5.74) is 2.04. The summed E-state index contributed by atoms with van der Waals surface area (Å²) in [5.74, 6) is 0.558. The maximum absolute atomic E-state index is 6.16. The molecule has 2 unspecified atom stereocenters. The highest BCUT2D eigenvalue weighted by molar-refractivity contribution is 9.09. The first kappa shape index (κ1) is 12.1. The first-order valence-electron chi connectivity index (χ1n) is 4.75. The molecule has 0 radical (unpaired) electrons. The van der Waals surface area contributed by atoms with Gasteiger partial charge in [-0.1, -0.05) is 41.4 Å². The number of halogens is 2. The van der Waals surface area contributed by atoms with E-state index in [9.17, 15) is 0 Å². The average molecular weight is 280 g/mol. The van der Waals surface area contributed by atoms with Crippen LogP contribution in [0.15, 0.2) is 0 Å². The molecule has 0 aliphatic rings. The van der Waals surface area contributed by atoms with E-state index in [4.69, 9.17) is 11.6 Å². The molecule has 0 aliphatic heterocycles. The first-order valence-corrected chi connectivity index (χ1v) is 6.05. The van der Waals surface area contributed by atoms with Gasteiger partial charge in [-0.3, -0.25) is 4.68 Å². The van der Waals surface area contributed by atoms with Crippen molar-refractivity contribution in [1.82, 2.24) is 9.78 Å². The Kier molecular flexibility index (Phi) is 4.02. The maximum Gasteiger partial charge on any atom is 0.0847 e. The van der Waals surface area contributed by atoms with Crippen LogP contribution in [0.5, 0.6) is 0 Å². The second kappa shape index (κ2) is 4.67. The van der Waals surface area contributed by atoms with Crippen LogP contribution in [0.3, 0.4) is 0 Å². The van der Waals surface area contributed by atoms with Crippen LogP contribution >= 0.6 is 27.5 Å². The largest absolute Gasteiger partial charge is 0.271 e. The molecule has 0 saturated carbocycles. The average Bonchev–Trinajstić information content (AvgIpc) is 2.32. The predicted octanol–water partition coefficient (Wildman–Crippen LogP) is 3.34. The van der Waals surface area contributed by atoms with Gasteiger partial charge in [0.1, 0.15) is 0 Å². The molecule has 0 fully saturated rings. The lowest BCUT2D eigenvalue weighted by atomic mass is 10.0. The van der Waals surface area contributed by atoms with Crippen molar-refractivity contribution in [3.05, 3.63) is 16.4 Å². The zero-order valence-electron chi connectivity index (χ0n) is 9.01. The van der Waals surface area contributed by atoms with E-state index in [2.05, 4.69) is 34.9 Å². The number of nitrogens with zero attached hydrogens (tertiary/aromatic N) is 2. The Bertz CT molecular complexity index is 320. The molecule has 1 aromatic heterocycles. The second-order valence-electron chi connectivity index (χ2n) is 3.83. The highest BCUT2D eigenvalue weighted by Crippen LogP contribution is 2.24. The van der Waals surface area contributed by atoms with Crippen molar-refractivity contribution in [1.29, 1.82) is 0 Å². The Hall–Kier alpha value is -0.0200. The zero-order valence-corrected chi connectivity index (χ0v) is 11.4. The third-order valence-electron chi connectivity index (χ3n) is 2.56. The van der Waals surface area contributed by atoms with Gasteiger partial charge in [0.05, 0.1) is 16.4 Å². The summed E-state index contributed by atoms with van der Waals surface area (Å²) >= 11 is 9.74. The van der Waals surface area contributed by atoms with Gasteiger partial charge >= 0.3 is 0 Å². The molecule has 14 heavy (non-hydrogen) atoms. The molecule has 1 rings (SSSR count). The number of rotatable bonds is 3. The van der Waals surface area contributed by atoms with Crippen molar-refractivity contribution in [2.45, 2.75) is 32.0 Å². The van der Waals surface area contributed by atoms with Crippen molar-refractivity contribution in [2.24, 2.45) is 13.0 Å². The van der Waals surface area contributed by atoms with E-state index >= 15 is 0 Å². The molecule has 0 N–H and O–H groups in total. The third-order valence-corrected chi connectivity index (χ3v) is 3.96. The standard InChI is InChI=1S/C10H16BrClN2/c1-6(7(2)11)5-9-10(12)8(3)13-14(9)4/h6-7H,5H2,1-4H3. The van der Waals surface area contributed by atoms with Crippen molar-refractivity contribution < 1.29 is 0 Å². The Morgan fingerprint density at radius 2 is 2.07 bits per heavy atom. The van der Waals surface area contributed by atoms with E-state index in [-0.39, 0.29) is 0 Å². The van der Waals surface area contributed by atoms with Gasteiger partial charge in [-0.05, 0) is 19.3 Å². The molecular formula is C10H16BrClN2. The molecule has 0 saturated heterocycles. The number of alkyl halides is 1. The van der Waals surface area contributed by atoms with E-state index in [1.807, 2.05) is 18.7 Å². The molecule has 0 bridgehead atoms. The van der Waals surface area contributed by atoms with Crippen LogP contribution in [0, 0.1) is 12.8 Å². The zero-order chi connectivity index (χ0) is 10.9. The molecular weight excluding hydrogens is 263 g/mol. The molecule has 0 spiro atoms. The topological polar surface area (TPSA) is 17.8 Å². The molecule has 0 aliphatic carbocycles. The van der Waals surface area contributed by atoms with E-state index < -0.39 is 0 Å². The van der Waals surface area contributed by atoms with Crippen molar-refractivity contribution in [3.63, 3.8) is 0 Å². The molecule has 80 valence electrons. The minimum Gasteiger partial charge on any atom is -0.271 e. The van der Waals surface area contributed by atoms with Crippen LogP contribution in [0.4, 0.5) is 0 Å². The van der Waals surface area contributed by atoms with Crippen LogP contribution in [-0.2, 0) is 13.5 Å².